The molecule has 0 saturated heterocycles. The first-order valence-corrected chi connectivity index (χ1v) is 7.90. The van der Waals surface area contributed by atoms with E-state index in [1.807, 2.05) is 24.4 Å². The summed E-state index contributed by atoms with van der Waals surface area (Å²) in [4.78, 5) is 21.8. The van der Waals surface area contributed by atoms with Crippen LogP contribution in [0.15, 0.2) is 29.9 Å². The summed E-state index contributed by atoms with van der Waals surface area (Å²) in [5.41, 5.74) is 0.332. The third-order valence-corrected chi connectivity index (χ3v) is 4.00. The highest BCUT2D eigenvalue weighted by Crippen LogP contribution is 2.25. The Labute approximate surface area is 128 Å². The summed E-state index contributed by atoms with van der Waals surface area (Å²) in [6.07, 6.45) is 3.08. The Morgan fingerprint density at radius 3 is 2.67 bits per heavy atom. The Bertz CT molecular complexity index is 566. The van der Waals surface area contributed by atoms with Gasteiger partial charge in [0.05, 0.1) is 18.4 Å². The molecule has 0 bridgehead atoms. The maximum Gasteiger partial charge on any atom is 0.272 e. The van der Waals surface area contributed by atoms with Crippen LogP contribution in [0.5, 0.6) is 0 Å². The lowest BCUT2D eigenvalue weighted by molar-refractivity contribution is 0.0921. The molecule has 0 aromatic carbocycles. The monoisotopic (exact) mass is 304 g/mol. The SMILES string of the molecule is CCNc1cnc(C(=O)NC(c2cccs2)C(C)C)cn1. The molecule has 2 heterocycles. The summed E-state index contributed by atoms with van der Waals surface area (Å²) >= 11 is 1.64. The summed E-state index contributed by atoms with van der Waals surface area (Å²) < 4.78 is 0. The first-order chi connectivity index (χ1) is 10.1. The second-order valence-corrected chi connectivity index (χ2v) is 6.01. The Kier molecular flexibility index (Phi) is 5.27. The third kappa shape index (κ3) is 4.01. The van der Waals surface area contributed by atoms with Crippen LogP contribution in [0.3, 0.4) is 0 Å². The van der Waals surface area contributed by atoms with E-state index < -0.39 is 0 Å². The summed E-state index contributed by atoms with van der Waals surface area (Å²) in [6, 6.07) is 4.02. The van der Waals surface area contributed by atoms with E-state index in [9.17, 15) is 4.79 Å². The van der Waals surface area contributed by atoms with Gasteiger partial charge in [-0.25, -0.2) is 9.97 Å². The van der Waals surface area contributed by atoms with E-state index in [4.69, 9.17) is 0 Å². The maximum atomic E-state index is 12.3. The molecule has 1 atom stereocenters. The molecule has 2 aromatic rings. The molecular weight excluding hydrogens is 284 g/mol. The van der Waals surface area contributed by atoms with Crippen molar-refractivity contribution in [2.24, 2.45) is 5.92 Å². The van der Waals surface area contributed by atoms with Gasteiger partial charge in [0.1, 0.15) is 11.5 Å². The van der Waals surface area contributed by atoms with Gasteiger partial charge < -0.3 is 10.6 Å². The minimum atomic E-state index is -0.197. The van der Waals surface area contributed by atoms with Gasteiger partial charge in [0.2, 0.25) is 0 Å². The van der Waals surface area contributed by atoms with Gasteiger partial charge in [-0.05, 0) is 24.3 Å². The molecule has 21 heavy (non-hydrogen) atoms. The van der Waals surface area contributed by atoms with Crippen LogP contribution in [-0.2, 0) is 0 Å². The highest BCUT2D eigenvalue weighted by Gasteiger charge is 2.20. The van der Waals surface area contributed by atoms with Crippen molar-refractivity contribution < 1.29 is 4.79 Å². The third-order valence-electron chi connectivity index (χ3n) is 3.05. The van der Waals surface area contributed by atoms with Gasteiger partial charge in [-0.15, -0.1) is 11.3 Å². The summed E-state index contributed by atoms with van der Waals surface area (Å²) in [6.45, 7) is 6.93. The summed E-state index contributed by atoms with van der Waals surface area (Å²) in [7, 11) is 0. The van der Waals surface area contributed by atoms with Crippen molar-refractivity contribution in [1.82, 2.24) is 15.3 Å². The smallest absolute Gasteiger partial charge is 0.272 e. The average molecular weight is 304 g/mol. The molecule has 0 fully saturated rings. The number of anilines is 1. The molecule has 5 nitrogen and oxygen atoms in total. The van der Waals surface area contributed by atoms with Crippen LogP contribution >= 0.6 is 11.3 Å². The van der Waals surface area contributed by atoms with Crippen molar-refractivity contribution >= 4 is 23.1 Å². The zero-order valence-corrected chi connectivity index (χ0v) is 13.3. The molecule has 0 radical (unpaired) electrons. The zero-order valence-electron chi connectivity index (χ0n) is 12.5. The van der Waals surface area contributed by atoms with Gasteiger partial charge in [0, 0.05) is 11.4 Å². The fourth-order valence-corrected chi connectivity index (χ4v) is 2.92. The lowest BCUT2D eigenvalue weighted by Gasteiger charge is -2.21. The minimum Gasteiger partial charge on any atom is -0.369 e. The van der Waals surface area contributed by atoms with Crippen molar-refractivity contribution in [1.29, 1.82) is 0 Å². The van der Waals surface area contributed by atoms with E-state index >= 15 is 0 Å². The predicted octanol–water partition coefficient (Wildman–Crippen LogP) is 3.10. The molecule has 0 aliphatic carbocycles. The van der Waals surface area contributed by atoms with Crippen molar-refractivity contribution in [3.05, 3.63) is 40.5 Å². The summed E-state index contributed by atoms with van der Waals surface area (Å²) in [5, 5.41) is 8.10. The number of aromatic nitrogens is 2. The molecule has 0 aliphatic heterocycles. The standard InChI is InChI=1S/C15H20N4OS/c1-4-16-13-9-17-11(8-18-13)15(20)19-14(10(2)3)12-6-5-7-21-12/h5-10,14H,4H2,1-3H3,(H,16,18)(H,19,20). The van der Waals surface area contributed by atoms with Crippen LogP contribution in [0.1, 0.15) is 42.2 Å². The molecule has 0 saturated carbocycles. The topological polar surface area (TPSA) is 66.9 Å². The minimum absolute atomic E-state index is 0.00672. The van der Waals surface area contributed by atoms with E-state index in [1.165, 1.54) is 6.20 Å². The first-order valence-electron chi connectivity index (χ1n) is 7.02. The number of nitrogens with zero attached hydrogens (tertiary/aromatic N) is 2. The predicted molar refractivity (Wildman–Crippen MR) is 85.6 cm³/mol. The Morgan fingerprint density at radius 2 is 2.14 bits per heavy atom. The van der Waals surface area contributed by atoms with Gasteiger partial charge in [-0.2, -0.15) is 0 Å². The highest BCUT2D eigenvalue weighted by molar-refractivity contribution is 7.10. The average Bonchev–Trinajstić information content (AvgIpc) is 2.99. The Balaban J connectivity index is 2.08. The Hall–Kier alpha value is -1.95. The fourth-order valence-electron chi connectivity index (χ4n) is 1.97. The maximum absolute atomic E-state index is 12.3. The van der Waals surface area contributed by atoms with Gasteiger partial charge in [-0.1, -0.05) is 19.9 Å². The molecular formula is C15H20N4OS. The number of carbonyl (C=O) groups is 1. The number of hydrogen-bond donors (Lipinski definition) is 2. The number of thiophene rings is 1. The van der Waals surface area contributed by atoms with Gasteiger partial charge in [0.25, 0.3) is 5.91 Å². The molecule has 1 unspecified atom stereocenters. The van der Waals surface area contributed by atoms with Crippen LogP contribution in [0, 0.1) is 5.92 Å². The summed E-state index contributed by atoms with van der Waals surface area (Å²) in [5.74, 6) is 0.784. The molecule has 2 rings (SSSR count). The molecule has 112 valence electrons. The lowest BCUT2D eigenvalue weighted by atomic mass is 10.0. The molecule has 0 spiro atoms. The van der Waals surface area contributed by atoms with Crippen LogP contribution in [-0.4, -0.2) is 22.4 Å². The number of carbonyl (C=O) groups excluding carboxylic acids is 1. The van der Waals surface area contributed by atoms with E-state index in [2.05, 4.69) is 34.4 Å². The fraction of sp³-hybridized carbons (Fsp3) is 0.400. The lowest BCUT2D eigenvalue weighted by Crippen LogP contribution is -2.31. The molecule has 6 heteroatoms. The van der Waals surface area contributed by atoms with Crippen LogP contribution in [0.4, 0.5) is 5.82 Å². The van der Waals surface area contributed by atoms with E-state index in [0.29, 0.717) is 17.4 Å². The molecule has 0 aliphatic rings. The second-order valence-electron chi connectivity index (χ2n) is 5.03. The van der Waals surface area contributed by atoms with Crippen LogP contribution in [0.25, 0.3) is 0 Å². The Morgan fingerprint density at radius 1 is 1.33 bits per heavy atom. The van der Waals surface area contributed by atoms with Crippen LogP contribution < -0.4 is 10.6 Å². The molecule has 2 aromatic heterocycles. The quantitative estimate of drug-likeness (QED) is 0.860. The van der Waals surface area contributed by atoms with E-state index in [-0.39, 0.29) is 11.9 Å². The van der Waals surface area contributed by atoms with Crippen molar-refractivity contribution in [2.45, 2.75) is 26.8 Å². The van der Waals surface area contributed by atoms with Crippen molar-refractivity contribution in [3.63, 3.8) is 0 Å². The van der Waals surface area contributed by atoms with E-state index in [1.54, 1.807) is 17.5 Å². The number of nitrogens with one attached hydrogen (secondary N) is 2. The van der Waals surface area contributed by atoms with Gasteiger partial charge in [0.15, 0.2) is 0 Å². The highest BCUT2D eigenvalue weighted by atomic mass is 32.1. The number of hydrogen-bond acceptors (Lipinski definition) is 5. The van der Waals surface area contributed by atoms with Crippen molar-refractivity contribution in [2.75, 3.05) is 11.9 Å². The largest absolute Gasteiger partial charge is 0.369 e. The normalized spacial score (nSPS) is 12.2. The van der Waals surface area contributed by atoms with Crippen LogP contribution in [0.2, 0.25) is 0 Å². The van der Waals surface area contributed by atoms with Gasteiger partial charge in [-0.3, -0.25) is 4.79 Å². The molecule has 2 N–H and O–H groups in total. The second kappa shape index (κ2) is 7.17. The first kappa shape index (κ1) is 15.4. The van der Waals surface area contributed by atoms with E-state index in [0.717, 1.165) is 11.4 Å². The number of rotatable bonds is 6. The molecule has 1 amide bonds. The zero-order chi connectivity index (χ0) is 15.2. The van der Waals surface area contributed by atoms with Crippen molar-refractivity contribution in [3.8, 4) is 0 Å². The number of amides is 1. The van der Waals surface area contributed by atoms with Gasteiger partial charge >= 0.3 is 0 Å².